The van der Waals surface area contributed by atoms with E-state index in [1.54, 1.807) is 0 Å². The van der Waals surface area contributed by atoms with Crippen LogP contribution >= 0.6 is 12.4 Å². The zero-order valence-electron chi connectivity index (χ0n) is 19.3. The number of nitrogens with zero attached hydrogens (tertiary/aromatic N) is 4. The molecule has 4 rings (SSSR count). The van der Waals surface area contributed by atoms with Crippen LogP contribution in [0.4, 0.5) is 0 Å². The second kappa shape index (κ2) is 12.2. The van der Waals surface area contributed by atoms with Crippen molar-refractivity contribution < 1.29 is 9.36 Å². The molecule has 1 fully saturated rings. The molecular formula is C25H31ClN6O2. The fraction of sp³-hybridized carbons (Fsp3) is 0.360. The highest BCUT2D eigenvalue weighted by Gasteiger charge is 2.29. The number of nitrogens with two attached hydrogens (primary N) is 1. The second-order valence-electron chi connectivity index (χ2n) is 8.30. The van der Waals surface area contributed by atoms with Crippen LogP contribution in [0.3, 0.4) is 0 Å². The van der Waals surface area contributed by atoms with E-state index in [4.69, 9.17) is 20.5 Å². The van der Waals surface area contributed by atoms with E-state index < -0.39 is 0 Å². The number of rotatable bonds is 9. The highest BCUT2D eigenvalue weighted by Crippen LogP contribution is 2.27. The number of aryl methyl sites for hydroxylation is 1. The van der Waals surface area contributed by atoms with Crippen molar-refractivity contribution in [2.24, 2.45) is 10.9 Å². The predicted octanol–water partition coefficient (Wildman–Crippen LogP) is 4.60. The molecule has 0 spiro atoms. The van der Waals surface area contributed by atoms with Crippen LogP contribution in [0.25, 0.3) is 11.4 Å². The Morgan fingerprint density at radius 1 is 1.18 bits per heavy atom. The molecule has 9 heteroatoms. The molecule has 34 heavy (non-hydrogen) atoms. The molecule has 3 aromatic rings. The Hall–Kier alpha value is -3.39. The van der Waals surface area contributed by atoms with Crippen LogP contribution in [0.1, 0.15) is 49.1 Å². The van der Waals surface area contributed by atoms with Gasteiger partial charge in [-0.3, -0.25) is 5.41 Å². The minimum absolute atomic E-state index is 0. The highest BCUT2D eigenvalue weighted by molar-refractivity contribution is 5.98. The number of benzene rings is 2. The standard InChI is InChI=1S/C25H30N6O2.ClH/c1-18(29-32-16-6-5-9-19-7-3-2-4-8-19)20-10-12-21(13-11-20)23-28-24(33-30-23)22-14-15-31(17-22)25(26)27;/h2-4,7-8,10-13,22H,5-6,9,14-17H2,1H3,(H3,26,27);1H. The third-order valence-corrected chi connectivity index (χ3v) is 5.88. The van der Waals surface area contributed by atoms with Crippen molar-refractivity contribution >= 4 is 24.1 Å². The van der Waals surface area contributed by atoms with Gasteiger partial charge in [0.05, 0.1) is 11.6 Å². The quantitative estimate of drug-likeness (QED) is 0.199. The molecule has 0 saturated carbocycles. The molecular weight excluding hydrogens is 452 g/mol. The first-order valence-corrected chi connectivity index (χ1v) is 11.3. The molecule has 1 aromatic heterocycles. The first-order chi connectivity index (χ1) is 16.1. The van der Waals surface area contributed by atoms with Gasteiger partial charge in [-0.25, -0.2) is 0 Å². The van der Waals surface area contributed by atoms with Gasteiger partial charge in [0.1, 0.15) is 6.61 Å². The largest absolute Gasteiger partial charge is 0.396 e. The summed E-state index contributed by atoms with van der Waals surface area (Å²) in [5, 5.41) is 15.9. The van der Waals surface area contributed by atoms with Gasteiger partial charge in [0, 0.05) is 18.7 Å². The van der Waals surface area contributed by atoms with Crippen molar-refractivity contribution in [1.82, 2.24) is 15.0 Å². The Morgan fingerprint density at radius 2 is 1.94 bits per heavy atom. The number of likely N-dealkylation sites (tertiary alicyclic amines) is 1. The fourth-order valence-electron chi connectivity index (χ4n) is 3.90. The van der Waals surface area contributed by atoms with E-state index in [2.05, 4.69) is 39.6 Å². The Morgan fingerprint density at radius 3 is 2.65 bits per heavy atom. The molecule has 3 N–H and O–H groups in total. The Kier molecular flexibility index (Phi) is 9.04. The molecule has 1 atom stereocenters. The number of hydrogen-bond acceptors (Lipinski definition) is 6. The summed E-state index contributed by atoms with van der Waals surface area (Å²) in [5.74, 6) is 1.34. The smallest absolute Gasteiger partial charge is 0.231 e. The molecule has 1 aliphatic rings. The Bertz CT molecular complexity index is 1080. The third kappa shape index (κ3) is 6.57. The maximum atomic E-state index is 7.56. The topological polar surface area (TPSA) is 114 Å². The Labute approximate surface area is 206 Å². The van der Waals surface area contributed by atoms with Crippen LogP contribution in [0.5, 0.6) is 0 Å². The first kappa shape index (κ1) is 25.2. The van der Waals surface area contributed by atoms with E-state index in [1.807, 2.05) is 42.2 Å². The number of aromatic nitrogens is 2. The number of guanidine groups is 1. The van der Waals surface area contributed by atoms with Crippen molar-refractivity contribution in [3.8, 4) is 11.4 Å². The minimum Gasteiger partial charge on any atom is -0.396 e. The van der Waals surface area contributed by atoms with Crippen molar-refractivity contribution in [3.63, 3.8) is 0 Å². The second-order valence-corrected chi connectivity index (χ2v) is 8.30. The monoisotopic (exact) mass is 482 g/mol. The zero-order chi connectivity index (χ0) is 23.0. The molecule has 8 nitrogen and oxygen atoms in total. The van der Waals surface area contributed by atoms with Crippen LogP contribution in [0.15, 0.2) is 64.3 Å². The maximum Gasteiger partial charge on any atom is 0.231 e. The van der Waals surface area contributed by atoms with Gasteiger partial charge in [-0.15, -0.1) is 12.4 Å². The number of nitrogens with one attached hydrogen (secondary N) is 1. The molecule has 0 radical (unpaired) electrons. The zero-order valence-corrected chi connectivity index (χ0v) is 20.1. The molecule has 1 aliphatic heterocycles. The SMILES string of the molecule is CC(=NOCCCCc1ccccc1)c1ccc(-c2noc(C3CCN(C(=N)N)C3)n2)cc1.Cl. The van der Waals surface area contributed by atoms with E-state index >= 15 is 0 Å². The molecule has 2 heterocycles. The lowest BCUT2D eigenvalue weighted by Gasteiger charge is -2.14. The summed E-state index contributed by atoms with van der Waals surface area (Å²) < 4.78 is 5.48. The lowest BCUT2D eigenvalue weighted by Crippen LogP contribution is -2.34. The van der Waals surface area contributed by atoms with E-state index in [1.165, 1.54) is 5.56 Å². The lowest BCUT2D eigenvalue weighted by molar-refractivity contribution is 0.140. The molecule has 0 bridgehead atoms. The van der Waals surface area contributed by atoms with E-state index in [-0.39, 0.29) is 24.3 Å². The molecule has 2 aromatic carbocycles. The molecule has 1 unspecified atom stereocenters. The lowest BCUT2D eigenvalue weighted by atomic mass is 10.1. The highest BCUT2D eigenvalue weighted by atomic mass is 35.5. The molecule has 0 amide bonds. The van der Waals surface area contributed by atoms with Crippen molar-refractivity contribution in [2.75, 3.05) is 19.7 Å². The fourth-order valence-corrected chi connectivity index (χ4v) is 3.90. The molecule has 0 aliphatic carbocycles. The van der Waals surface area contributed by atoms with Crippen molar-refractivity contribution in [2.45, 2.75) is 38.5 Å². The van der Waals surface area contributed by atoms with Gasteiger partial charge in [0.25, 0.3) is 0 Å². The number of unbranched alkanes of at least 4 members (excludes halogenated alkanes) is 1. The van der Waals surface area contributed by atoms with Crippen molar-refractivity contribution in [3.05, 3.63) is 71.6 Å². The van der Waals surface area contributed by atoms with Gasteiger partial charge in [-0.05, 0) is 43.7 Å². The average Bonchev–Trinajstić information content (AvgIpc) is 3.52. The van der Waals surface area contributed by atoms with E-state index in [0.29, 0.717) is 24.9 Å². The van der Waals surface area contributed by atoms with Crippen LogP contribution in [-0.2, 0) is 11.3 Å². The normalized spacial score (nSPS) is 15.7. The van der Waals surface area contributed by atoms with E-state index in [9.17, 15) is 0 Å². The van der Waals surface area contributed by atoms with Gasteiger partial charge in [-0.1, -0.05) is 64.9 Å². The van der Waals surface area contributed by atoms with Gasteiger partial charge >= 0.3 is 0 Å². The summed E-state index contributed by atoms with van der Waals surface area (Å²) in [4.78, 5) is 11.9. The van der Waals surface area contributed by atoms with Crippen LogP contribution < -0.4 is 5.73 Å². The molecule has 180 valence electrons. The average molecular weight is 483 g/mol. The summed E-state index contributed by atoms with van der Waals surface area (Å²) in [6.45, 7) is 3.92. The number of oxime groups is 1. The van der Waals surface area contributed by atoms with Crippen molar-refractivity contribution in [1.29, 1.82) is 5.41 Å². The summed E-state index contributed by atoms with van der Waals surface area (Å²) >= 11 is 0. The minimum atomic E-state index is 0. The van der Waals surface area contributed by atoms with Crippen LogP contribution in [0, 0.1) is 5.41 Å². The van der Waals surface area contributed by atoms with Gasteiger partial charge in [0.2, 0.25) is 11.7 Å². The number of halogens is 1. The Balaban J connectivity index is 0.00000324. The summed E-state index contributed by atoms with van der Waals surface area (Å²) in [7, 11) is 0. The third-order valence-electron chi connectivity index (χ3n) is 5.88. The van der Waals surface area contributed by atoms with Gasteiger partial charge in [0.15, 0.2) is 5.96 Å². The van der Waals surface area contributed by atoms with Gasteiger partial charge in [-0.2, -0.15) is 4.98 Å². The summed E-state index contributed by atoms with van der Waals surface area (Å²) in [6.07, 6.45) is 3.95. The van der Waals surface area contributed by atoms with Crippen LogP contribution in [-0.4, -0.2) is 46.4 Å². The predicted molar refractivity (Wildman–Crippen MR) is 135 cm³/mol. The summed E-state index contributed by atoms with van der Waals surface area (Å²) in [6, 6.07) is 18.4. The first-order valence-electron chi connectivity index (χ1n) is 11.3. The summed E-state index contributed by atoms with van der Waals surface area (Å²) in [5.41, 5.74) is 9.62. The number of hydrogen-bond donors (Lipinski definition) is 2. The van der Waals surface area contributed by atoms with Crippen LogP contribution in [0.2, 0.25) is 0 Å². The van der Waals surface area contributed by atoms with E-state index in [0.717, 1.165) is 49.1 Å². The maximum absolute atomic E-state index is 7.56. The molecule has 1 saturated heterocycles. The van der Waals surface area contributed by atoms with Gasteiger partial charge < -0.3 is 20.0 Å².